The maximum atomic E-state index is 5.99. The molecule has 1 aromatic heterocycles. The van der Waals surface area contributed by atoms with Crippen molar-refractivity contribution in [3.63, 3.8) is 0 Å². The van der Waals surface area contributed by atoms with E-state index < -0.39 is 7.12 Å². The Morgan fingerprint density at radius 2 is 1.74 bits per heavy atom. The Labute approximate surface area is 114 Å². The average molecular weight is 263 g/mol. The minimum Gasteiger partial charge on any atom is -0.399 e. The van der Waals surface area contributed by atoms with Gasteiger partial charge in [-0.25, -0.2) is 0 Å². The number of nitrogens with two attached hydrogens (primary N) is 2. The number of pyridine rings is 1. The van der Waals surface area contributed by atoms with E-state index in [1.807, 2.05) is 40.7 Å². The van der Waals surface area contributed by atoms with E-state index in [9.17, 15) is 0 Å². The van der Waals surface area contributed by atoms with Crippen LogP contribution in [0.2, 0.25) is 0 Å². The van der Waals surface area contributed by atoms with Gasteiger partial charge in [-0.1, -0.05) is 0 Å². The molecule has 1 fully saturated rings. The van der Waals surface area contributed by atoms with E-state index >= 15 is 0 Å². The molecule has 5 nitrogen and oxygen atoms in total. The number of anilines is 1. The summed E-state index contributed by atoms with van der Waals surface area (Å²) in [6, 6.07) is 1.71. The van der Waals surface area contributed by atoms with Crippen molar-refractivity contribution in [2.24, 2.45) is 5.73 Å². The highest BCUT2D eigenvalue weighted by Crippen LogP contribution is 2.36. The topological polar surface area (TPSA) is 83.4 Å². The molecule has 2 rings (SSSR count). The van der Waals surface area contributed by atoms with E-state index in [0.29, 0.717) is 5.69 Å². The van der Waals surface area contributed by atoms with E-state index in [-0.39, 0.29) is 17.2 Å². The van der Waals surface area contributed by atoms with Crippen LogP contribution in [-0.4, -0.2) is 23.3 Å². The van der Waals surface area contributed by atoms with E-state index in [1.54, 1.807) is 6.20 Å². The summed E-state index contributed by atoms with van der Waals surface area (Å²) in [6.45, 7) is 9.92. The van der Waals surface area contributed by atoms with Crippen molar-refractivity contribution in [3.05, 3.63) is 18.0 Å². The summed E-state index contributed by atoms with van der Waals surface area (Å²) in [4.78, 5) is 4.22. The lowest BCUT2D eigenvalue weighted by Crippen LogP contribution is -2.41. The lowest BCUT2D eigenvalue weighted by Gasteiger charge is -2.32. The van der Waals surface area contributed by atoms with Crippen LogP contribution in [0.5, 0.6) is 0 Å². The molecule has 1 aliphatic rings. The fourth-order valence-corrected chi connectivity index (χ4v) is 1.92. The van der Waals surface area contributed by atoms with Crippen LogP contribution >= 0.6 is 0 Å². The van der Waals surface area contributed by atoms with Crippen LogP contribution in [0.15, 0.2) is 12.3 Å². The summed E-state index contributed by atoms with van der Waals surface area (Å²) in [5.41, 5.74) is 13.2. The molecule has 0 saturated carbocycles. The zero-order chi connectivity index (χ0) is 14.4. The molecule has 1 aliphatic heterocycles. The number of nitrogen functional groups attached to an aromatic ring is 1. The molecule has 1 atom stereocenters. The Morgan fingerprint density at radius 3 is 2.21 bits per heavy atom. The molecule has 0 aromatic carbocycles. The van der Waals surface area contributed by atoms with Gasteiger partial charge in [0, 0.05) is 23.4 Å². The molecule has 0 aliphatic carbocycles. The van der Waals surface area contributed by atoms with Crippen molar-refractivity contribution in [2.45, 2.75) is 51.9 Å². The number of aromatic nitrogens is 1. The average Bonchev–Trinajstić information content (AvgIpc) is 2.48. The van der Waals surface area contributed by atoms with E-state index in [0.717, 1.165) is 11.2 Å². The van der Waals surface area contributed by atoms with Gasteiger partial charge in [0.1, 0.15) is 0 Å². The Hall–Kier alpha value is -1.11. The fourth-order valence-electron chi connectivity index (χ4n) is 1.92. The highest BCUT2D eigenvalue weighted by molar-refractivity contribution is 6.63. The maximum Gasteiger partial charge on any atom is 0.497 e. The first-order valence-corrected chi connectivity index (χ1v) is 6.50. The van der Waals surface area contributed by atoms with Crippen molar-refractivity contribution >= 4 is 18.3 Å². The normalized spacial score (nSPS) is 22.5. The molecule has 0 spiro atoms. The molecule has 104 valence electrons. The SMILES string of the molecule is CC(N)c1cc(B2OC(C)(C)C(C)(C)O2)c(N)cn1. The smallest absolute Gasteiger partial charge is 0.399 e. The molecule has 1 saturated heterocycles. The van der Waals surface area contributed by atoms with Crippen molar-refractivity contribution in [1.82, 2.24) is 4.98 Å². The molecule has 1 aromatic rings. The first kappa shape index (κ1) is 14.3. The summed E-state index contributed by atoms with van der Waals surface area (Å²) >= 11 is 0. The number of hydrogen-bond acceptors (Lipinski definition) is 5. The molecule has 19 heavy (non-hydrogen) atoms. The van der Waals surface area contributed by atoms with Gasteiger partial charge in [0.25, 0.3) is 0 Å². The second-order valence-electron chi connectivity index (χ2n) is 6.12. The van der Waals surface area contributed by atoms with Crippen molar-refractivity contribution in [2.75, 3.05) is 5.73 Å². The summed E-state index contributed by atoms with van der Waals surface area (Å²) in [5, 5.41) is 0. The third-order valence-electron chi connectivity index (χ3n) is 3.96. The summed E-state index contributed by atoms with van der Waals surface area (Å²) in [6.07, 6.45) is 1.61. The third kappa shape index (κ3) is 2.48. The Kier molecular flexibility index (Phi) is 3.37. The summed E-state index contributed by atoms with van der Waals surface area (Å²) < 4.78 is 12.0. The van der Waals surface area contributed by atoms with Gasteiger partial charge in [-0.05, 0) is 40.7 Å². The number of nitrogens with zero attached hydrogens (tertiary/aromatic N) is 1. The molecule has 0 amide bonds. The predicted molar refractivity (Wildman–Crippen MR) is 77.0 cm³/mol. The predicted octanol–water partition coefficient (Wildman–Crippen LogP) is 0.983. The van der Waals surface area contributed by atoms with E-state index in [2.05, 4.69) is 4.98 Å². The lowest BCUT2D eigenvalue weighted by atomic mass is 9.78. The quantitative estimate of drug-likeness (QED) is 0.777. The molecule has 6 heteroatoms. The van der Waals surface area contributed by atoms with E-state index in [4.69, 9.17) is 20.8 Å². The van der Waals surface area contributed by atoms with Gasteiger partial charge in [-0.15, -0.1) is 0 Å². The molecule has 0 radical (unpaired) electrons. The zero-order valence-electron chi connectivity index (χ0n) is 12.2. The van der Waals surface area contributed by atoms with Crippen molar-refractivity contribution in [3.8, 4) is 0 Å². The van der Waals surface area contributed by atoms with Gasteiger partial charge in [-0.3, -0.25) is 4.98 Å². The van der Waals surface area contributed by atoms with Gasteiger partial charge in [0.15, 0.2) is 0 Å². The van der Waals surface area contributed by atoms with Crippen LogP contribution < -0.4 is 16.9 Å². The zero-order valence-corrected chi connectivity index (χ0v) is 12.2. The van der Waals surface area contributed by atoms with E-state index in [1.165, 1.54) is 0 Å². The van der Waals surface area contributed by atoms with Crippen LogP contribution in [0.3, 0.4) is 0 Å². The summed E-state index contributed by atoms with van der Waals surface area (Å²) in [5.74, 6) is 0. The molecule has 1 unspecified atom stereocenters. The standard InChI is InChI=1S/C13H22BN3O2/c1-8(15)11-6-9(10(16)7-17-11)14-18-12(2,3)13(4,5)19-14/h6-8H,15-16H2,1-5H3. The highest BCUT2D eigenvalue weighted by atomic mass is 16.7. The fraction of sp³-hybridized carbons (Fsp3) is 0.615. The molecular weight excluding hydrogens is 241 g/mol. The van der Waals surface area contributed by atoms with Gasteiger partial charge in [0.2, 0.25) is 0 Å². The van der Waals surface area contributed by atoms with Crippen molar-refractivity contribution < 1.29 is 9.31 Å². The van der Waals surface area contributed by atoms with Crippen LogP contribution in [0.25, 0.3) is 0 Å². The first-order chi connectivity index (χ1) is 8.64. The Bertz CT molecular complexity index is 473. The summed E-state index contributed by atoms with van der Waals surface area (Å²) in [7, 11) is -0.481. The largest absolute Gasteiger partial charge is 0.497 e. The van der Waals surface area contributed by atoms with Gasteiger partial charge >= 0.3 is 7.12 Å². The molecule has 4 N–H and O–H groups in total. The van der Waals surface area contributed by atoms with Gasteiger partial charge < -0.3 is 20.8 Å². The number of rotatable bonds is 2. The molecule has 2 heterocycles. The third-order valence-corrected chi connectivity index (χ3v) is 3.96. The minimum atomic E-state index is -0.481. The maximum absolute atomic E-state index is 5.99. The Morgan fingerprint density at radius 1 is 1.21 bits per heavy atom. The minimum absolute atomic E-state index is 0.151. The second kappa shape index (κ2) is 4.47. The van der Waals surface area contributed by atoms with Crippen LogP contribution in [0, 0.1) is 0 Å². The molecular formula is C13H22BN3O2. The highest BCUT2D eigenvalue weighted by Gasteiger charge is 2.52. The van der Waals surface area contributed by atoms with Gasteiger partial charge in [-0.2, -0.15) is 0 Å². The Balaban J connectivity index is 2.36. The van der Waals surface area contributed by atoms with Crippen LogP contribution in [0.1, 0.15) is 46.4 Å². The molecule has 0 bridgehead atoms. The first-order valence-electron chi connectivity index (χ1n) is 6.50. The van der Waals surface area contributed by atoms with Crippen molar-refractivity contribution in [1.29, 1.82) is 0 Å². The van der Waals surface area contributed by atoms with Crippen LogP contribution in [-0.2, 0) is 9.31 Å². The lowest BCUT2D eigenvalue weighted by molar-refractivity contribution is 0.00578. The van der Waals surface area contributed by atoms with Gasteiger partial charge in [0.05, 0.1) is 16.9 Å². The number of hydrogen-bond donors (Lipinski definition) is 2. The second-order valence-corrected chi connectivity index (χ2v) is 6.12. The monoisotopic (exact) mass is 263 g/mol. The van der Waals surface area contributed by atoms with Crippen LogP contribution in [0.4, 0.5) is 5.69 Å².